The Morgan fingerprint density at radius 2 is 2.07 bits per heavy atom. The maximum atomic E-state index is 12.5. The highest BCUT2D eigenvalue weighted by Crippen LogP contribution is 2.33. The first-order chi connectivity index (χ1) is 12.8. The van der Waals surface area contributed by atoms with E-state index in [-0.39, 0.29) is 24.8 Å². The van der Waals surface area contributed by atoms with Crippen molar-refractivity contribution in [3.63, 3.8) is 0 Å². The number of hydrogen-bond donors (Lipinski definition) is 3. The summed E-state index contributed by atoms with van der Waals surface area (Å²) in [5, 5.41) is 2.69. The van der Waals surface area contributed by atoms with Gasteiger partial charge < -0.3 is 26.4 Å². The number of nitrogens with zero attached hydrogens (tertiary/aromatic N) is 4. The van der Waals surface area contributed by atoms with Gasteiger partial charge in [-0.25, -0.2) is 4.98 Å². The number of nitrogens with two attached hydrogens (primary N) is 2. The number of carbonyl (C=O) groups excluding carboxylic acids is 2. The Hall–Kier alpha value is -3.43. The molecule has 1 atom stereocenters. The normalized spacial score (nSPS) is 15.9. The molecule has 0 aromatic carbocycles. The van der Waals surface area contributed by atoms with Crippen molar-refractivity contribution >= 4 is 29.3 Å². The average Bonchev–Trinajstić information content (AvgIpc) is 2.60. The number of amides is 2. The quantitative estimate of drug-likeness (QED) is 0.678. The second kappa shape index (κ2) is 7.06. The van der Waals surface area contributed by atoms with E-state index in [2.05, 4.69) is 20.3 Å². The van der Waals surface area contributed by atoms with Crippen molar-refractivity contribution in [1.29, 1.82) is 0 Å². The molecule has 0 radical (unpaired) electrons. The highest BCUT2D eigenvalue weighted by molar-refractivity contribution is 6.04. The van der Waals surface area contributed by atoms with E-state index in [1.807, 2.05) is 13.8 Å². The van der Waals surface area contributed by atoms with E-state index in [0.29, 0.717) is 17.2 Å². The number of methoxy groups -OCH3 is 1. The van der Waals surface area contributed by atoms with Gasteiger partial charge in [-0.15, -0.1) is 0 Å². The molecule has 0 saturated heterocycles. The molecule has 0 aliphatic carbocycles. The molecule has 0 saturated carbocycles. The van der Waals surface area contributed by atoms with Crippen molar-refractivity contribution in [2.24, 2.45) is 5.73 Å². The first-order valence-corrected chi connectivity index (χ1v) is 8.29. The Kier molecular flexibility index (Phi) is 4.80. The Labute approximate surface area is 155 Å². The summed E-state index contributed by atoms with van der Waals surface area (Å²) in [5.74, 6) is 0.214. The van der Waals surface area contributed by atoms with Crippen LogP contribution in [0.15, 0.2) is 12.4 Å². The lowest BCUT2D eigenvalue weighted by Crippen LogP contribution is -2.50. The molecule has 10 heteroatoms. The summed E-state index contributed by atoms with van der Waals surface area (Å²) >= 11 is 0. The largest absolute Gasteiger partial charge is 0.496 e. The van der Waals surface area contributed by atoms with Gasteiger partial charge in [-0.3, -0.25) is 14.6 Å². The van der Waals surface area contributed by atoms with E-state index in [9.17, 15) is 9.59 Å². The zero-order valence-corrected chi connectivity index (χ0v) is 15.3. The number of pyridine rings is 1. The van der Waals surface area contributed by atoms with Crippen LogP contribution in [0.25, 0.3) is 0 Å². The molecule has 1 aliphatic rings. The number of hydrogen-bond acceptors (Lipinski definition) is 8. The van der Waals surface area contributed by atoms with Crippen LogP contribution in [0.5, 0.6) is 5.75 Å². The summed E-state index contributed by atoms with van der Waals surface area (Å²) < 4.78 is 5.45. The van der Waals surface area contributed by atoms with Gasteiger partial charge in [-0.1, -0.05) is 0 Å². The minimum absolute atomic E-state index is 0.0545. The van der Waals surface area contributed by atoms with Crippen LogP contribution in [0.1, 0.15) is 23.2 Å². The maximum Gasteiger partial charge on any atom is 0.247 e. The zero-order chi connectivity index (χ0) is 19.7. The van der Waals surface area contributed by atoms with Gasteiger partial charge in [0.15, 0.2) is 5.82 Å². The third-order valence-corrected chi connectivity index (χ3v) is 4.46. The fourth-order valence-electron chi connectivity index (χ4n) is 3.17. The first-order valence-electron chi connectivity index (χ1n) is 8.29. The average molecular weight is 371 g/mol. The number of fused-ring (bicyclic) bond motifs is 1. The monoisotopic (exact) mass is 371 g/mol. The van der Waals surface area contributed by atoms with Crippen LogP contribution in [-0.2, 0) is 16.1 Å². The highest BCUT2D eigenvalue weighted by atomic mass is 16.5. The second-order valence-electron chi connectivity index (χ2n) is 6.32. The molecule has 3 rings (SSSR count). The van der Waals surface area contributed by atoms with Crippen LogP contribution >= 0.6 is 0 Å². The Morgan fingerprint density at radius 1 is 1.33 bits per heavy atom. The second-order valence-corrected chi connectivity index (χ2v) is 6.32. The molecule has 27 heavy (non-hydrogen) atoms. The molecule has 2 aromatic heterocycles. The SMILES string of the molecule is COc1c(C)cnc(CN2c3nc(N)ncc3NC(=O)[C@H]2CC(N)=O)c1C. The van der Waals surface area contributed by atoms with Crippen LogP contribution in [0.2, 0.25) is 0 Å². The number of ether oxygens (including phenoxy) is 1. The molecule has 5 N–H and O–H groups in total. The van der Waals surface area contributed by atoms with E-state index in [4.69, 9.17) is 16.2 Å². The molecule has 1 aliphatic heterocycles. The number of primary amides is 1. The lowest BCUT2D eigenvalue weighted by molar-refractivity contribution is -0.123. The fourth-order valence-corrected chi connectivity index (χ4v) is 3.17. The number of nitrogen functional groups attached to an aromatic ring is 1. The molecule has 2 aromatic rings. The molecule has 10 nitrogen and oxygen atoms in total. The molecule has 142 valence electrons. The van der Waals surface area contributed by atoms with Gasteiger partial charge in [0.1, 0.15) is 17.5 Å². The molecule has 0 unspecified atom stereocenters. The van der Waals surface area contributed by atoms with Crippen LogP contribution in [0, 0.1) is 13.8 Å². The summed E-state index contributed by atoms with van der Waals surface area (Å²) in [6, 6.07) is -0.835. The van der Waals surface area contributed by atoms with Crippen molar-refractivity contribution in [3.8, 4) is 5.75 Å². The lowest BCUT2D eigenvalue weighted by atomic mass is 10.1. The fraction of sp³-hybridized carbons (Fsp3) is 0.353. The number of anilines is 3. The number of nitrogens with one attached hydrogen (secondary N) is 1. The van der Waals surface area contributed by atoms with Crippen molar-refractivity contribution in [3.05, 3.63) is 29.2 Å². The van der Waals surface area contributed by atoms with E-state index < -0.39 is 11.9 Å². The predicted molar refractivity (Wildman–Crippen MR) is 99.1 cm³/mol. The van der Waals surface area contributed by atoms with Crippen LogP contribution < -0.4 is 26.4 Å². The van der Waals surface area contributed by atoms with Crippen molar-refractivity contribution < 1.29 is 14.3 Å². The summed E-state index contributed by atoms with van der Waals surface area (Å²) in [5.41, 5.74) is 13.9. The van der Waals surface area contributed by atoms with E-state index >= 15 is 0 Å². The van der Waals surface area contributed by atoms with Gasteiger partial charge in [0, 0.05) is 17.3 Å². The summed E-state index contributed by atoms with van der Waals surface area (Å²) in [4.78, 5) is 38.4. The predicted octanol–water partition coefficient (Wildman–Crippen LogP) is 0.282. The molecule has 3 heterocycles. The number of carbonyl (C=O) groups is 2. The van der Waals surface area contributed by atoms with Gasteiger partial charge in [0.05, 0.1) is 32.0 Å². The van der Waals surface area contributed by atoms with Crippen LogP contribution in [0.3, 0.4) is 0 Å². The maximum absolute atomic E-state index is 12.5. The minimum atomic E-state index is -0.835. The van der Waals surface area contributed by atoms with Gasteiger partial charge in [0.2, 0.25) is 17.8 Å². The molecule has 0 fully saturated rings. The van der Waals surface area contributed by atoms with E-state index in [1.54, 1.807) is 18.2 Å². The third-order valence-electron chi connectivity index (χ3n) is 4.46. The van der Waals surface area contributed by atoms with Gasteiger partial charge in [0.25, 0.3) is 0 Å². The Balaban J connectivity index is 2.08. The Bertz CT molecular complexity index is 916. The standard InChI is InChI=1S/C17H21N7O3/c1-8-5-20-11(9(2)14(8)27-3)7-24-12(4-13(18)25)16(26)22-10-6-21-17(19)23-15(10)24/h5-6,12H,4,7H2,1-3H3,(H2,18,25)(H,22,26)(H2,19,21,23)/t12-/m1/s1. The van der Waals surface area contributed by atoms with Gasteiger partial charge >= 0.3 is 0 Å². The van der Waals surface area contributed by atoms with Crippen LogP contribution in [0.4, 0.5) is 17.5 Å². The lowest BCUT2D eigenvalue weighted by Gasteiger charge is -2.36. The minimum Gasteiger partial charge on any atom is -0.496 e. The summed E-state index contributed by atoms with van der Waals surface area (Å²) in [6.45, 7) is 4.00. The van der Waals surface area contributed by atoms with E-state index in [0.717, 1.165) is 16.9 Å². The smallest absolute Gasteiger partial charge is 0.247 e. The summed E-state index contributed by atoms with van der Waals surface area (Å²) in [6.07, 6.45) is 2.96. The first kappa shape index (κ1) is 18.4. The molecule has 0 spiro atoms. The molecule has 2 amide bonds. The van der Waals surface area contributed by atoms with Gasteiger partial charge in [-0.2, -0.15) is 4.98 Å². The number of aryl methyl sites for hydroxylation is 1. The molecular formula is C17H21N7O3. The highest BCUT2D eigenvalue weighted by Gasteiger charge is 2.36. The molecular weight excluding hydrogens is 350 g/mol. The van der Waals surface area contributed by atoms with Gasteiger partial charge in [-0.05, 0) is 13.8 Å². The topological polar surface area (TPSA) is 149 Å². The molecule has 0 bridgehead atoms. The van der Waals surface area contributed by atoms with Crippen molar-refractivity contribution in [2.75, 3.05) is 23.1 Å². The summed E-state index contributed by atoms with van der Waals surface area (Å²) in [7, 11) is 1.59. The van der Waals surface area contributed by atoms with Crippen molar-refractivity contribution in [2.45, 2.75) is 32.9 Å². The van der Waals surface area contributed by atoms with Crippen molar-refractivity contribution in [1.82, 2.24) is 15.0 Å². The zero-order valence-electron chi connectivity index (χ0n) is 15.3. The number of aromatic nitrogens is 3. The number of rotatable bonds is 5. The van der Waals surface area contributed by atoms with E-state index in [1.165, 1.54) is 6.20 Å². The van der Waals surface area contributed by atoms with Crippen LogP contribution in [-0.4, -0.2) is 39.9 Å². The Morgan fingerprint density at radius 3 is 2.74 bits per heavy atom. The third kappa shape index (κ3) is 3.46.